The average molecular weight is 418 g/mol. The van der Waals surface area contributed by atoms with Gasteiger partial charge in [0.15, 0.2) is 0 Å². The van der Waals surface area contributed by atoms with E-state index in [1.807, 2.05) is 37.9 Å². The second-order valence-electron chi connectivity index (χ2n) is 6.95. The molecule has 1 aromatic heterocycles. The number of anilines is 1. The number of halogens is 1. The molecule has 0 unspecified atom stereocenters. The summed E-state index contributed by atoms with van der Waals surface area (Å²) in [6.45, 7) is 4.80. The predicted octanol–water partition coefficient (Wildman–Crippen LogP) is 2.00. The summed E-state index contributed by atoms with van der Waals surface area (Å²) < 4.78 is 0. The molecule has 8 heteroatoms. The van der Waals surface area contributed by atoms with Crippen molar-refractivity contribution in [2.24, 2.45) is 0 Å². The number of nitrogens with one attached hydrogen (secondary N) is 2. The molecule has 7 nitrogen and oxygen atoms in total. The summed E-state index contributed by atoms with van der Waals surface area (Å²) in [5.74, 6) is -0.0626. The van der Waals surface area contributed by atoms with Crippen LogP contribution in [0, 0.1) is 0 Å². The molecule has 2 rings (SSSR count). The minimum absolute atomic E-state index is 0.203. The van der Waals surface area contributed by atoms with Crippen molar-refractivity contribution < 1.29 is 9.59 Å². The first-order valence-corrected chi connectivity index (χ1v) is 9.91. The molecule has 0 spiro atoms. The summed E-state index contributed by atoms with van der Waals surface area (Å²) in [5.41, 5.74) is 7.27. The lowest BCUT2D eigenvalue weighted by Gasteiger charge is -2.25. The van der Waals surface area contributed by atoms with Gasteiger partial charge in [0.25, 0.3) is 0 Å². The summed E-state index contributed by atoms with van der Waals surface area (Å²) in [4.78, 5) is 31.4. The van der Waals surface area contributed by atoms with Crippen molar-refractivity contribution in [1.29, 1.82) is 0 Å². The summed E-state index contributed by atoms with van der Waals surface area (Å²) in [5, 5.41) is 6.32. The molecule has 2 atom stereocenters. The molecule has 0 fully saturated rings. The van der Waals surface area contributed by atoms with Crippen LogP contribution in [0.3, 0.4) is 0 Å². The largest absolute Gasteiger partial charge is 0.384 e. The third kappa shape index (κ3) is 7.03. The van der Waals surface area contributed by atoms with Gasteiger partial charge in [-0.3, -0.25) is 14.5 Å². The third-order valence-electron chi connectivity index (χ3n) is 4.82. The maximum atomic E-state index is 12.9. The standard InChI is InChI=1S/C21H28ClN5O2/c1-4-27(3)14(2)20(28)26-18(11-15-6-5-7-17(22)10-15)21(29)25-13-16-8-9-19(23)24-12-16/h5-10,12,14,18H,4,11,13H2,1-3H3,(H2,23,24)(H,25,29)(H,26,28)/t14-,18-/m0/s1. The zero-order chi connectivity index (χ0) is 21.4. The second-order valence-corrected chi connectivity index (χ2v) is 7.39. The van der Waals surface area contributed by atoms with Crippen LogP contribution in [0.15, 0.2) is 42.6 Å². The normalized spacial score (nSPS) is 13.0. The molecule has 4 N–H and O–H groups in total. The number of nitrogen functional groups attached to an aromatic ring is 1. The van der Waals surface area contributed by atoms with Gasteiger partial charge >= 0.3 is 0 Å². The predicted molar refractivity (Wildman–Crippen MR) is 115 cm³/mol. The first kappa shape index (κ1) is 22.6. The molecular weight excluding hydrogens is 390 g/mol. The van der Waals surface area contributed by atoms with Crippen LogP contribution in [0.2, 0.25) is 5.02 Å². The first-order chi connectivity index (χ1) is 13.8. The minimum Gasteiger partial charge on any atom is -0.384 e. The molecule has 1 aromatic carbocycles. The second kappa shape index (κ2) is 10.8. The van der Waals surface area contributed by atoms with Crippen LogP contribution >= 0.6 is 11.6 Å². The van der Waals surface area contributed by atoms with Gasteiger partial charge < -0.3 is 16.4 Å². The Labute approximate surface area is 176 Å². The van der Waals surface area contributed by atoms with Crippen LogP contribution in [0.1, 0.15) is 25.0 Å². The SMILES string of the molecule is CCN(C)[C@@H](C)C(=O)N[C@@H](Cc1cccc(Cl)c1)C(=O)NCc1ccc(N)nc1. The lowest BCUT2D eigenvalue weighted by Crippen LogP contribution is -2.53. The maximum Gasteiger partial charge on any atom is 0.243 e. The number of carbonyl (C=O) groups is 2. The van der Waals surface area contributed by atoms with E-state index in [2.05, 4.69) is 15.6 Å². The Morgan fingerprint density at radius 3 is 2.59 bits per heavy atom. The quantitative estimate of drug-likeness (QED) is 0.579. The number of rotatable bonds is 9. The highest BCUT2D eigenvalue weighted by molar-refractivity contribution is 6.30. The van der Waals surface area contributed by atoms with Crippen LogP contribution < -0.4 is 16.4 Å². The fourth-order valence-corrected chi connectivity index (χ4v) is 2.94. The van der Waals surface area contributed by atoms with Gasteiger partial charge in [0.1, 0.15) is 11.9 Å². The van der Waals surface area contributed by atoms with Gasteiger partial charge in [-0.15, -0.1) is 0 Å². The van der Waals surface area contributed by atoms with E-state index in [4.69, 9.17) is 17.3 Å². The molecule has 0 aliphatic heterocycles. The van der Waals surface area contributed by atoms with Gasteiger partial charge in [-0.05, 0) is 49.8 Å². The van der Waals surface area contributed by atoms with Gasteiger partial charge in [0, 0.05) is 24.2 Å². The molecule has 0 aliphatic rings. The van der Waals surface area contributed by atoms with Crippen molar-refractivity contribution in [3.63, 3.8) is 0 Å². The van der Waals surface area contributed by atoms with Crippen LogP contribution in [0.25, 0.3) is 0 Å². The number of benzene rings is 1. The number of hydrogen-bond donors (Lipinski definition) is 3. The number of nitrogens with two attached hydrogens (primary N) is 1. The van der Waals surface area contributed by atoms with Crippen molar-refractivity contribution in [3.05, 3.63) is 58.7 Å². The molecule has 0 saturated carbocycles. The van der Waals surface area contributed by atoms with Gasteiger partial charge in [-0.25, -0.2) is 4.98 Å². The minimum atomic E-state index is -0.726. The van der Waals surface area contributed by atoms with E-state index < -0.39 is 6.04 Å². The van der Waals surface area contributed by atoms with Crippen LogP contribution in [0.5, 0.6) is 0 Å². The number of likely N-dealkylation sites (N-methyl/N-ethyl adjacent to an activating group) is 1. The Morgan fingerprint density at radius 2 is 1.97 bits per heavy atom. The monoisotopic (exact) mass is 417 g/mol. The molecular formula is C21H28ClN5O2. The summed E-state index contributed by atoms with van der Waals surface area (Å²) in [6, 6.07) is 9.66. The molecule has 29 heavy (non-hydrogen) atoms. The number of nitrogens with zero attached hydrogens (tertiary/aromatic N) is 2. The smallest absolute Gasteiger partial charge is 0.243 e. The highest BCUT2D eigenvalue weighted by atomic mass is 35.5. The molecule has 1 heterocycles. The van der Waals surface area contributed by atoms with E-state index >= 15 is 0 Å². The van der Waals surface area contributed by atoms with Gasteiger partial charge in [-0.2, -0.15) is 0 Å². The van der Waals surface area contributed by atoms with E-state index in [-0.39, 0.29) is 17.9 Å². The molecule has 0 saturated heterocycles. The van der Waals surface area contributed by atoms with Crippen LogP contribution in [-0.4, -0.2) is 47.4 Å². The number of hydrogen-bond acceptors (Lipinski definition) is 5. The van der Waals surface area contributed by atoms with E-state index in [1.54, 1.807) is 30.5 Å². The van der Waals surface area contributed by atoms with Crippen molar-refractivity contribution in [2.75, 3.05) is 19.3 Å². The molecule has 2 aromatic rings. The average Bonchev–Trinajstić information content (AvgIpc) is 2.71. The molecule has 156 valence electrons. The highest BCUT2D eigenvalue weighted by Gasteiger charge is 2.25. The topological polar surface area (TPSA) is 100 Å². The van der Waals surface area contributed by atoms with Gasteiger partial charge in [0.05, 0.1) is 6.04 Å². The fraction of sp³-hybridized carbons (Fsp3) is 0.381. The molecule has 0 bridgehead atoms. The lowest BCUT2D eigenvalue weighted by atomic mass is 10.0. The molecule has 0 radical (unpaired) electrons. The fourth-order valence-electron chi connectivity index (χ4n) is 2.73. The van der Waals surface area contributed by atoms with Gasteiger partial charge in [0.2, 0.25) is 11.8 Å². The summed E-state index contributed by atoms with van der Waals surface area (Å²) >= 11 is 6.07. The Balaban J connectivity index is 2.10. The van der Waals surface area contributed by atoms with E-state index in [0.717, 1.165) is 17.7 Å². The Kier molecular flexibility index (Phi) is 8.42. The van der Waals surface area contributed by atoms with Crippen molar-refractivity contribution in [2.45, 2.75) is 38.9 Å². The Morgan fingerprint density at radius 1 is 1.21 bits per heavy atom. The molecule has 2 amide bonds. The van der Waals surface area contributed by atoms with Crippen LogP contribution in [0.4, 0.5) is 5.82 Å². The first-order valence-electron chi connectivity index (χ1n) is 9.53. The van der Waals surface area contributed by atoms with Crippen molar-refractivity contribution >= 4 is 29.2 Å². The Hall–Kier alpha value is -2.64. The zero-order valence-corrected chi connectivity index (χ0v) is 17.7. The van der Waals surface area contributed by atoms with Crippen LogP contribution in [-0.2, 0) is 22.6 Å². The van der Waals surface area contributed by atoms with Gasteiger partial charge in [-0.1, -0.05) is 36.7 Å². The summed E-state index contributed by atoms with van der Waals surface area (Å²) in [7, 11) is 1.87. The zero-order valence-electron chi connectivity index (χ0n) is 17.0. The lowest BCUT2D eigenvalue weighted by molar-refractivity contribution is -0.131. The van der Waals surface area contributed by atoms with E-state index in [0.29, 0.717) is 23.8 Å². The summed E-state index contributed by atoms with van der Waals surface area (Å²) in [6.07, 6.45) is 1.94. The number of aromatic nitrogens is 1. The van der Waals surface area contributed by atoms with Crippen molar-refractivity contribution in [1.82, 2.24) is 20.5 Å². The maximum absolute atomic E-state index is 12.9. The highest BCUT2D eigenvalue weighted by Crippen LogP contribution is 2.13. The Bertz CT molecular complexity index is 828. The number of pyridine rings is 1. The number of amides is 2. The van der Waals surface area contributed by atoms with E-state index in [9.17, 15) is 9.59 Å². The van der Waals surface area contributed by atoms with Crippen molar-refractivity contribution in [3.8, 4) is 0 Å². The van der Waals surface area contributed by atoms with E-state index in [1.165, 1.54) is 0 Å². The molecule has 0 aliphatic carbocycles. The third-order valence-corrected chi connectivity index (χ3v) is 5.05. The number of carbonyl (C=O) groups excluding carboxylic acids is 2.